The van der Waals surface area contributed by atoms with Gasteiger partial charge in [0.2, 0.25) is 0 Å². The Balaban J connectivity index is 1.48. The first-order valence-electron chi connectivity index (χ1n) is 13.8. The molecule has 0 aliphatic heterocycles. The first-order chi connectivity index (χ1) is 16.2. The highest BCUT2D eigenvalue weighted by Crippen LogP contribution is 2.45. The van der Waals surface area contributed by atoms with Crippen molar-refractivity contribution < 1.29 is 9.90 Å². The third kappa shape index (κ3) is 8.92. The first-order valence-corrected chi connectivity index (χ1v) is 13.8. The summed E-state index contributed by atoms with van der Waals surface area (Å²) in [6.45, 7) is 0.663. The van der Waals surface area contributed by atoms with Crippen LogP contribution in [-0.4, -0.2) is 17.6 Å². The Kier molecular flexibility index (Phi) is 11.5. The van der Waals surface area contributed by atoms with Gasteiger partial charge in [-0.2, -0.15) is 0 Å². The molecule has 0 bridgehead atoms. The van der Waals surface area contributed by atoms with E-state index in [1.807, 2.05) is 0 Å². The van der Waals surface area contributed by atoms with Crippen molar-refractivity contribution in [1.29, 1.82) is 0 Å². The van der Waals surface area contributed by atoms with Crippen LogP contribution in [0, 0.1) is 29.6 Å². The fourth-order valence-electron chi connectivity index (χ4n) is 6.79. The Morgan fingerprint density at radius 2 is 1.61 bits per heavy atom. The van der Waals surface area contributed by atoms with Crippen LogP contribution in [0.5, 0.6) is 0 Å². The lowest BCUT2D eigenvalue weighted by Gasteiger charge is -2.43. The van der Waals surface area contributed by atoms with Crippen LogP contribution in [0.15, 0.2) is 42.5 Å². The van der Waals surface area contributed by atoms with Gasteiger partial charge in [-0.05, 0) is 99.5 Å². The zero-order valence-electron chi connectivity index (χ0n) is 20.7. The number of carboxylic acid groups (broad SMARTS) is 1. The zero-order valence-corrected chi connectivity index (χ0v) is 20.7. The summed E-state index contributed by atoms with van der Waals surface area (Å²) < 4.78 is 0. The number of hydrogen-bond donors (Lipinski definition) is 2. The molecule has 33 heavy (non-hydrogen) atoms. The molecule has 184 valence electrons. The maximum absolute atomic E-state index is 11.8. The number of rotatable bonds is 13. The highest BCUT2D eigenvalue weighted by Gasteiger charge is 2.39. The van der Waals surface area contributed by atoms with E-state index in [0.29, 0.717) is 30.7 Å². The van der Waals surface area contributed by atoms with E-state index in [0.717, 1.165) is 31.6 Å². The van der Waals surface area contributed by atoms with Gasteiger partial charge in [-0.3, -0.25) is 4.79 Å². The lowest BCUT2D eigenvalue weighted by Crippen LogP contribution is -2.38. The molecule has 2 aliphatic carbocycles. The molecule has 4 atom stereocenters. The molecule has 0 radical (unpaired) electrons. The van der Waals surface area contributed by atoms with Gasteiger partial charge in [-0.1, -0.05) is 74.6 Å². The summed E-state index contributed by atoms with van der Waals surface area (Å²) >= 11 is 0. The maximum atomic E-state index is 11.8. The number of carboxylic acids is 1. The fourth-order valence-corrected chi connectivity index (χ4v) is 6.79. The van der Waals surface area contributed by atoms with Crippen molar-refractivity contribution in [3.63, 3.8) is 0 Å². The van der Waals surface area contributed by atoms with Crippen molar-refractivity contribution in [1.82, 2.24) is 0 Å². The van der Waals surface area contributed by atoms with E-state index in [1.54, 1.807) is 0 Å². The molecule has 0 amide bonds. The van der Waals surface area contributed by atoms with Gasteiger partial charge in [0, 0.05) is 6.42 Å². The number of aliphatic carboxylic acids is 1. The molecule has 0 spiro atoms. The zero-order chi connectivity index (χ0) is 23.3. The second-order valence-electron chi connectivity index (χ2n) is 10.8. The van der Waals surface area contributed by atoms with Crippen molar-refractivity contribution >= 4 is 5.97 Å². The molecule has 2 fully saturated rings. The predicted molar refractivity (Wildman–Crippen MR) is 138 cm³/mol. The molecule has 1 aromatic rings. The van der Waals surface area contributed by atoms with Crippen LogP contribution in [0.2, 0.25) is 0 Å². The average Bonchev–Trinajstić information content (AvgIpc) is 2.82. The molecule has 2 aliphatic rings. The van der Waals surface area contributed by atoms with Gasteiger partial charge in [0.05, 0.1) is 0 Å². The van der Waals surface area contributed by atoms with E-state index in [4.69, 9.17) is 5.73 Å². The molecule has 3 heteroatoms. The Labute approximate surface area is 202 Å². The SMILES string of the molecule is NCC[C@H]1[C@@H](CCC/C=C\CCC2CCCCC2)CC[C@@H](Cc2ccccc2)[C@@H]1CC(=O)O. The number of nitrogens with two attached hydrogens (primary N) is 1. The van der Waals surface area contributed by atoms with Crippen LogP contribution in [0.3, 0.4) is 0 Å². The van der Waals surface area contributed by atoms with Crippen LogP contribution in [0.25, 0.3) is 0 Å². The maximum Gasteiger partial charge on any atom is 0.303 e. The van der Waals surface area contributed by atoms with Crippen LogP contribution in [-0.2, 0) is 11.2 Å². The van der Waals surface area contributed by atoms with E-state index in [-0.39, 0.29) is 5.92 Å². The van der Waals surface area contributed by atoms with Gasteiger partial charge in [-0.15, -0.1) is 0 Å². The fraction of sp³-hybridized carbons (Fsp3) is 0.700. The summed E-state index contributed by atoms with van der Waals surface area (Å²) in [5, 5.41) is 9.67. The van der Waals surface area contributed by atoms with Crippen LogP contribution >= 0.6 is 0 Å². The average molecular weight is 454 g/mol. The molecule has 3 N–H and O–H groups in total. The van der Waals surface area contributed by atoms with Gasteiger partial charge in [-0.25, -0.2) is 0 Å². The van der Waals surface area contributed by atoms with Gasteiger partial charge >= 0.3 is 5.97 Å². The second-order valence-corrected chi connectivity index (χ2v) is 10.8. The van der Waals surface area contributed by atoms with E-state index in [9.17, 15) is 9.90 Å². The Morgan fingerprint density at radius 3 is 2.33 bits per heavy atom. The Bertz CT molecular complexity index is 695. The minimum absolute atomic E-state index is 0.246. The standard InChI is InChI=1S/C30H47NO2/c31-21-20-28-26(17-11-3-1-2-6-12-24-13-7-4-8-14-24)18-19-27(29(28)23-30(32)33)22-25-15-9-5-10-16-25/h1-2,5,9-10,15-16,24,26-29H,3-4,6-8,11-14,17-23,31H2,(H,32,33)/b2-1-/t26-,27-,28-,29-/m0/s1. The molecule has 0 heterocycles. The van der Waals surface area contributed by atoms with E-state index in [2.05, 4.69) is 42.5 Å². The van der Waals surface area contributed by atoms with Crippen molar-refractivity contribution in [2.24, 2.45) is 35.3 Å². The minimum atomic E-state index is -0.651. The molecule has 3 nitrogen and oxygen atoms in total. The molecule has 0 saturated heterocycles. The smallest absolute Gasteiger partial charge is 0.303 e. The summed E-state index contributed by atoms with van der Waals surface area (Å²) in [4.78, 5) is 11.8. The number of unbranched alkanes of at least 4 members (excludes halogenated alkanes) is 1. The Hall–Kier alpha value is -1.61. The summed E-state index contributed by atoms with van der Waals surface area (Å²) in [6.07, 6.45) is 22.9. The van der Waals surface area contributed by atoms with Crippen molar-refractivity contribution in [3.8, 4) is 0 Å². The molecular formula is C30H47NO2. The Morgan fingerprint density at radius 1 is 0.879 bits per heavy atom. The number of carbonyl (C=O) groups is 1. The molecule has 0 unspecified atom stereocenters. The van der Waals surface area contributed by atoms with E-state index >= 15 is 0 Å². The summed E-state index contributed by atoms with van der Waals surface area (Å²) in [5.41, 5.74) is 7.36. The monoisotopic (exact) mass is 453 g/mol. The molecule has 0 aromatic heterocycles. The van der Waals surface area contributed by atoms with Crippen molar-refractivity contribution in [3.05, 3.63) is 48.0 Å². The number of hydrogen-bond acceptors (Lipinski definition) is 2. The lowest BCUT2D eigenvalue weighted by molar-refractivity contribution is -0.140. The van der Waals surface area contributed by atoms with Crippen LogP contribution < -0.4 is 5.73 Å². The second kappa shape index (κ2) is 14.6. The summed E-state index contributed by atoms with van der Waals surface area (Å²) in [6, 6.07) is 10.6. The van der Waals surface area contributed by atoms with Gasteiger partial charge in [0.15, 0.2) is 0 Å². The van der Waals surface area contributed by atoms with Gasteiger partial charge < -0.3 is 10.8 Å². The number of benzene rings is 1. The lowest BCUT2D eigenvalue weighted by atomic mass is 9.62. The minimum Gasteiger partial charge on any atom is -0.481 e. The molecule has 1 aromatic carbocycles. The van der Waals surface area contributed by atoms with Crippen molar-refractivity contribution in [2.75, 3.05) is 6.54 Å². The van der Waals surface area contributed by atoms with Crippen LogP contribution in [0.1, 0.15) is 95.5 Å². The highest BCUT2D eigenvalue weighted by molar-refractivity contribution is 5.67. The molecule has 3 rings (SSSR count). The van der Waals surface area contributed by atoms with Crippen LogP contribution in [0.4, 0.5) is 0 Å². The quantitative estimate of drug-likeness (QED) is 0.242. The van der Waals surface area contributed by atoms with Gasteiger partial charge in [0.25, 0.3) is 0 Å². The number of allylic oxidation sites excluding steroid dienone is 2. The molecular weight excluding hydrogens is 406 g/mol. The molecule has 2 saturated carbocycles. The third-order valence-electron chi connectivity index (χ3n) is 8.50. The highest BCUT2D eigenvalue weighted by atomic mass is 16.4. The first kappa shape index (κ1) is 26.0. The van der Waals surface area contributed by atoms with Crippen molar-refractivity contribution in [2.45, 2.75) is 96.3 Å². The summed E-state index contributed by atoms with van der Waals surface area (Å²) in [5.74, 6) is 2.09. The topological polar surface area (TPSA) is 63.3 Å². The van der Waals surface area contributed by atoms with E-state index in [1.165, 1.54) is 69.8 Å². The largest absolute Gasteiger partial charge is 0.481 e. The third-order valence-corrected chi connectivity index (χ3v) is 8.50. The normalized spacial score (nSPS) is 26.6. The predicted octanol–water partition coefficient (Wildman–Crippen LogP) is 7.40. The van der Waals surface area contributed by atoms with E-state index < -0.39 is 5.97 Å². The summed E-state index contributed by atoms with van der Waals surface area (Å²) in [7, 11) is 0. The van der Waals surface area contributed by atoms with Gasteiger partial charge in [0.1, 0.15) is 0 Å².